The van der Waals surface area contributed by atoms with Gasteiger partial charge in [-0.05, 0) is 50.1 Å². The van der Waals surface area contributed by atoms with Crippen LogP contribution in [0.4, 0.5) is 0 Å². The van der Waals surface area contributed by atoms with Crippen LogP contribution in [0, 0.1) is 13.8 Å². The zero-order valence-corrected chi connectivity index (χ0v) is 23.6. The molecule has 0 spiro atoms. The molecule has 0 unspecified atom stereocenters. The quantitative estimate of drug-likeness (QED) is 0.269. The maximum atomic E-state index is 13.7. The summed E-state index contributed by atoms with van der Waals surface area (Å²) in [5, 5.41) is 0.881. The topological polar surface area (TPSA) is 70.0 Å². The average Bonchev–Trinajstić information content (AvgIpc) is 3.26. The number of aryl methyl sites for hydroxylation is 1. The predicted octanol–water partition coefficient (Wildman–Crippen LogP) is 5.31. The Morgan fingerprint density at radius 1 is 0.925 bits per heavy atom. The molecule has 1 aliphatic heterocycles. The summed E-state index contributed by atoms with van der Waals surface area (Å²) in [4.78, 5) is 28.1. The largest absolute Gasteiger partial charge is 0.497 e. The number of amides is 1. The molecule has 0 N–H and O–H groups in total. The Balaban J connectivity index is 1.34. The van der Waals surface area contributed by atoms with Gasteiger partial charge in [0.1, 0.15) is 11.9 Å². The third kappa shape index (κ3) is 5.81. The zero-order chi connectivity index (χ0) is 28.2. The zero-order valence-electron chi connectivity index (χ0n) is 23.6. The van der Waals surface area contributed by atoms with Gasteiger partial charge in [0.2, 0.25) is 0 Å². The Morgan fingerprint density at radius 2 is 1.60 bits per heavy atom. The van der Waals surface area contributed by atoms with E-state index >= 15 is 0 Å². The van der Waals surface area contributed by atoms with Gasteiger partial charge in [-0.25, -0.2) is 0 Å². The van der Waals surface area contributed by atoms with Gasteiger partial charge >= 0.3 is 0 Å². The number of methoxy groups -OCH3 is 1. The number of aromatic nitrogens is 1. The van der Waals surface area contributed by atoms with Crippen molar-refractivity contribution in [2.75, 3.05) is 33.4 Å². The van der Waals surface area contributed by atoms with Gasteiger partial charge in [0.05, 0.1) is 32.5 Å². The van der Waals surface area contributed by atoms with Crippen LogP contribution in [0.3, 0.4) is 0 Å². The normalized spacial score (nSPS) is 14.3. The van der Waals surface area contributed by atoms with Crippen LogP contribution in [0.5, 0.6) is 5.75 Å². The van der Waals surface area contributed by atoms with Crippen molar-refractivity contribution < 1.29 is 23.8 Å². The van der Waals surface area contributed by atoms with Crippen LogP contribution in [-0.2, 0) is 27.4 Å². The molecule has 1 fully saturated rings. The molecule has 0 aliphatic carbocycles. The van der Waals surface area contributed by atoms with Crippen molar-refractivity contribution in [1.29, 1.82) is 0 Å². The van der Waals surface area contributed by atoms with E-state index in [1.807, 2.05) is 68.4 Å². The van der Waals surface area contributed by atoms with E-state index in [4.69, 9.17) is 14.2 Å². The lowest BCUT2D eigenvalue weighted by Gasteiger charge is -2.29. The van der Waals surface area contributed by atoms with E-state index in [1.54, 1.807) is 18.9 Å². The number of rotatable bonds is 9. The second-order valence-electron chi connectivity index (χ2n) is 10.3. The molecule has 40 heavy (non-hydrogen) atoms. The minimum Gasteiger partial charge on any atom is -0.497 e. The second kappa shape index (κ2) is 12.1. The second-order valence-corrected chi connectivity index (χ2v) is 10.3. The third-order valence-electron chi connectivity index (χ3n) is 7.61. The average molecular weight is 541 g/mol. The van der Waals surface area contributed by atoms with Crippen LogP contribution >= 0.6 is 0 Å². The van der Waals surface area contributed by atoms with E-state index in [2.05, 4.69) is 16.7 Å². The van der Waals surface area contributed by atoms with Crippen molar-refractivity contribution >= 4 is 22.6 Å². The van der Waals surface area contributed by atoms with E-state index in [9.17, 15) is 9.59 Å². The highest BCUT2D eigenvalue weighted by atomic mass is 16.5. The Hall–Kier alpha value is -3.94. The fraction of sp³-hybridized carbons (Fsp3) is 0.333. The van der Waals surface area contributed by atoms with Gasteiger partial charge in [0, 0.05) is 41.8 Å². The number of carbonyl (C=O) groups is 2. The minimum absolute atomic E-state index is 0.00232. The number of hydrogen-bond donors (Lipinski definition) is 0. The van der Waals surface area contributed by atoms with Crippen molar-refractivity contribution in [3.63, 3.8) is 0 Å². The lowest BCUT2D eigenvalue weighted by molar-refractivity contribution is -0.147. The molecule has 0 bridgehead atoms. The van der Waals surface area contributed by atoms with Crippen LogP contribution in [0.15, 0.2) is 66.7 Å². The first-order chi connectivity index (χ1) is 19.4. The number of hydrogen-bond acceptors (Lipinski definition) is 5. The molecule has 5 rings (SSSR count). The molecule has 2 heterocycles. The molecule has 1 aromatic heterocycles. The van der Waals surface area contributed by atoms with Gasteiger partial charge in [0.25, 0.3) is 5.91 Å². The Kier molecular flexibility index (Phi) is 8.33. The van der Waals surface area contributed by atoms with Gasteiger partial charge in [-0.2, -0.15) is 0 Å². The molecule has 0 radical (unpaired) electrons. The lowest BCUT2D eigenvalue weighted by Crippen LogP contribution is -2.45. The van der Waals surface area contributed by atoms with Crippen LogP contribution in [0.2, 0.25) is 0 Å². The first-order valence-electron chi connectivity index (χ1n) is 13.7. The number of nitrogens with zero attached hydrogens (tertiary/aromatic N) is 2. The van der Waals surface area contributed by atoms with Crippen LogP contribution in [0.1, 0.15) is 45.2 Å². The fourth-order valence-corrected chi connectivity index (χ4v) is 5.18. The molecule has 1 atom stereocenters. The third-order valence-corrected chi connectivity index (χ3v) is 7.61. The smallest absolute Gasteiger partial charge is 0.251 e. The Bertz CT molecular complexity index is 1500. The molecular formula is C33H36N2O5. The first-order valence-corrected chi connectivity index (χ1v) is 13.7. The monoisotopic (exact) mass is 540 g/mol. The molecule has 0 saturated carbocycles. The van der Waals surface area contributed by atoms with E-state index in [0.717, 1.165) is 33.3 Å². The van der Waals surface area contributed by atoms with Gasteiger partial charge in [-0.3, -0.25) is 9.59 Å². The summed E-state index contributed by atoms with van der Waals surface area (Å²) in [5.74, 6) is 0.721. The summed E-state index contributed by atoms with van der Waals surface area (Å²) >= 11 is 0. The number of benzene rings is 3. The molecule has 7 nitrogen and oxygen atoms in total. The van der Waals surface area contributed by atoms with Crippen LogP contribution in [0.25, 0.3) is 10.9 Å². The molecular weight excluding hydrogens is 504 g/mol. The summed E-state index contributed by atoms with van der Waals surface area (Å²) in [5.41, 5.74) is 6.48. The van der Waals surface area contributed by atoms with Crippen molar-refractivity contribution in [3.05, 3.63) is 100 Å². The molecule has 1 amide bonds. The summed E-state index contributed by atoms with van der Waals surface area (Å²) < 4.78 is 18.9. The Morgan fingerprint density at radius 3 is 2.27 bits per heavy atom. The van der Waals surface area contributed by atoms with Crippen molar-refractivity contribution in [1.82, 2.24) is 9.47 Å². The van der Waals surface area contributed by atoms with Crippen LogP contribution < -0.4 is 4.74 Å². The number of ether oxygens (including phenoxy) is 3. The molecule has 1 saturated heterocycles. The maximum absolute atomic E-state index is 13.7. The molecule has 7 heteroatoms. The number of ketones is 1. The molecule has 4 aromatic rings. The maximum Gasteiger partial charge on any atom is 0.251 e. The highest BCUT2D eigenvalue weighted by molar-refractivity contribution is 6.17. The van der Waals surface area contributed by atoms with Crippen LogP contribution in [-0.4, -0.2) is 60.7 Å². The predicted molar refractivity (Wildman–Crippen MR) is 155 cm³/mol. The van der Waals surface area contributed by atoms with Crippen molar-refractivity contribution in [2.45, 2.75) is 40.0 Å². The van der Waals surface area contributed by atoms with Gasteiger partial charge in [-0.15, -0.1) is 0 Å². The fourth-order valence-electron chi connectivity index (χ4n) is 5.18. The molecule has 1 aliphatic rings. The number of morpholine rings is 1. The van der Waals surface area contributed by atoms with Crippen molar-refractivity contribution in [2.24, 2.45) is 0 Å². The Labute approximate surface area is 235 Å². The summed E-state index contributed by atoms with van der Waals surface area (Å²) in [6.45, 7) is 9.16. The van der Waals surface area contributed by atoms with Crippen molar-refractivity contribution in [3.8, 4) is 5.75 Å². The van der Waals surface area contributed by atoms with Gasteiger partial charge in [-0.1, -0.05) is 54.1 Å². The van der Waals surface area contributed by atoms with E-state index in [1.165, 1.54) is 0 Å². The van der Waals surface area contributed by atoms with E-state index in [0.29, 0.717) is 56.3 Å². The van der Waals surface area contributed by atoms with E-state index < -0.39 is 6.10 Å². The summed E-state index contributed by atoms with van der Waals surface area (Å²) in [6.07, 6.45) is -0.506. The standard InChI is InChI=1S/C33H36N2O5/c1-22-5-11-27(12-6-22)32(36)31-23(2)35(30-14-13-28(38-4)19-29(30)31)20-25-7-9-26(10-8-25)21-40-24(3)33(37)34-15-17-39-18-16-34/h5-14,19,24H,15-18,20-21H2,1-4H3/t24-/m1/s1. The number of carbonyl (C=O) groups excluding carboxylic acids is 2. The lowest BCUT2D eigenvalue weighted by atomic mass is 9.99. The van der Waals surface area contributed by atoms with Gasteiger partial charge < -0.3 is 23.7 Å². The van der Waals surface area contributed by atoms with Gasteiger partial charge in [0.15, 0.2) is 5.78 Å². The van der Waals surface area contributed by atoms with E-state index in [-0.39, 0.29) is 11.7 Å². The number of fused-ring (bicyclic) bond motifs is 1. The summed E-state index contributed by atoms with van der Waals surface area (Å²) in [6, 6.07) is 21.8. The SMILES string of the molecule is COc1ccc2c(c1)c(C(=O)c1ccc(C)cc1)c(C)n2Cc1ccc(CO[C@H](C)C(=O)N2CCOCC2)cc1. The molecule has 3 aromatic carbocycles. The highest BCUT2D eigenvalue weighted by Gasteiger charge is 2.24. The highest BCUT2D eigenvalue weighted by Crippen LogP contribution is 2.32. The summed E-state index contributed by atoms with van der Waals surface area (Å²) in [7, 11) is 1.64. The first kappa shape index (κ1) is 27.6. The molecule has 208 valence electrons. The minimum atomic E-state index is -0.506.